The topological polar surface area (TPSA) is 35.1 Å². The number of nitrogens with zero attached hydrogens (tertiary/aromatic N) is 1. The van der Waals surface area contributed by atoms with E-state index in [1.165, 1.54) is 0 Å². The Bertz CT molecular complexity index is 799. The zero-order valence-corrected chi connectivity index (χ0v) is 12.1. The molecule has 1 heterocycles. The van der Waals surface area contributed by atoms with Gasteiger partial charge < -0.3 is 4.42 Å². The maximum Gasteiger partial charge on any atom is 0.420 e. The molecule has 0 bridgehead atoms. The average Bonchev–Trinajstić information content (AvgIpc) is 2.89. The number of hydrogen-bond donors (Lipinski definition) is 0. The van der Waals surface area contributed by atoms with Gasteiger partial charge in [0, 0.05) is 5.56 Å². The van der Waals surface area contributed by atoms with Crippen LogP contribution in [-0.2, 0) is 0 Å². The number of oxazole rings is 1. The van der Waals surface area contributed by atoms with Crippen LogP contribution in [0.25, 0.3) is 11.3 Å². The molecule has 0 saturated carbocycles. The SMILES string of the molecule is Cc1ccccc1-c1cn(C(C)c2ccccc2)c(=O)o1. The molecule has 0 amide bonds. The van der Waals surface area contributed by atoms with Gasteiger partial charge >= 0.3 is 5.76 Å². The summed E-state index contributed by atoms with van der Waals surface area (Å²) in [7, 11) is 0. The quantitative estimate of drug-likeness (QED) is 0.725. The fourth-order valence-corrected chi connectivity index (χ4v) is 2.49. The fraction of sp³-hybridized carbons (Fsp3) is 0.167. The van der Waals surface area contributed by atoms with Crippen LogP contribution in [0.5, 0.6) is 0 Å². The van der Waals surface area contributed by atoms with Gasteiger partial charge in [-0.25, -0.2) is 4.79 Å². The third-order valence-electron chi connectivity index (χ3n) is 3.77. The maximum atomic E-state index is 12.1. The zero-order chi connectivity index (χ0) is 14.8. The Kier molecular flexibility index (Phi) is 3.48. The molecule has 0 fully saturated rings. The second-order valence-corrected chi connectivity index (χ2v) is 5.17. The first-order valence-electron chi connectivity index (χ1n) is 7.00. The molecule has 1 atom stereocenters. The van der Waals surface area contributed by atoms with E-state index in [1.54, 1.807) is 10.8 Å². The Morgan fingerprint density at radius 1 is 1.00 bits per heavy atom. The minimum absolute atomic E-state index is 0.0554. The van der Waals surface area contributed by atoms with Gasteiger partial charge in [0.2, 0.25) is 0 Å². The van der Waals surface area contributed by atoms with Crippen molar-refractivity contribution in [1.82, 2.24) is 4.57 Å². The van der Waals surface area contributed by atoms with Gasteiger partial charge in [0.05, 0.1) is 12.2 Å². The van der Waals surface area contributed by atoms with Crippen LogP contribution in [0.1, 0.15) is 24.1 Å². The first-order chi connectivity index (χ1) is 10.2. The zero-order valence-electron chi connectivity index (χ0n) is 12.1. The number of benzene rings is 2. The van der Waals surface area contributed by atoms with E-state index in [1.807, 2.05) is 68.4 Å². The predicted molar refractivity (Wildman–Crippen MR) is 83.4 cm³/mol. The number of aryl methyl sites for hydroxylation is 1. The van der Waals surface area contributed by atoms with Crippen LogP contribution >= 0.6 is 0 Å². The van der Waals surface area contributed by atoms with E-state index in [-0.39, 0.29) is 11.8 Å². The van der Waals surface area contributed by atoms with Crippen LogP contribution < -0.4 is 5.76 Å². The first kappa shape index (κ1) is 13.4. The van der Waals surface area contributed by atoms with Crippen molar-refractivity contribution in [1.29, 1.82) is 0 Å². The average molecular weight is 279 g/mol. The predicted octanol–water partition coefficient (Wildman–Crippen LogP) is 4.03. The molecule has 1 aromatic heterocycles. The molecule has 3 aromatic rings. The van der Waals surface area contributed by atoms with Crippen molar-refractivity contribution < 1.29 is 4.42 Å². The van der Waals surface area contributed by atoms with Crippen LogP contribution in [0.15, 0.2) is 70.0 Å². The van der Waals surface area contributed by atoms with Gasteiger partial charge in [-0.2, -0.15) is 0 Å². The van der Waals surface area contributed by atoms with E-state index in [4.69, 9.17) is 4.42 Å². The smallest absolute Gasteiger partial charge is 0.408 e. The summed E-state index contributed by atoms with van der Waals surface area (Å²) in [5, 5.41) is 0. The molecule has 0 spiro atoms. The molecule has 0 saturated heterocycles. The van der Waals surface area contributed by atoms with Crippen LogP contribution in [0.3, 0.4) is 0 Å². The van der Waals surface area contributed by atoms with Gasteiger partial charge in [-0.1, -0.05) is 54.6 Å². The molecule has 21 heavy (non-hydrogen) atoms. The molecule has 0 N–H and O–H groups in total. The molecule has 1 unspecified atom stereocenters. The number of rotatable bonds is 3. The van der Waals surface area contributed by atoms with Gasteiger partial charge in [-0.15, -0.1) is 0 Å². The molecular weight excluding hydrogens is 262 g/mol. The molecule has 3 nitrogen and oxygen atoms in total. The van der Waals surface area contributed by atoms with E-state index in [2.05, 4.69) is 0 Å². The molecule has 106 valence electrons. The molecule has 0 aliphatic rings. The van der Waals surface area contributed by atoms with Crippen molar-refractivity contribution >= 4 is 0 Å². The third kappa shape index (κ3) is 2.55. The number of hydrogen-bond acceptors (Lipinski definition) is 2. The van der Waals surface area contributed by atoms with Crippen molar-refractivity contribution in [2.75, 3.05) is 0 Å². The van der Waals surface area contributed by atoms with E-state index < -0.39 is 0 Å². The summed E-state index contributed by atoms with van der Waals surface area (Å²) < 4.78 is 7.07. The summed E-state index contributed by atoms with van der Waals surface area (Å²) in [4.78, 5) is 12.1. The minimum Gasteiger partial charge on any atom is -0.408 e. The van der Waals surface area contributed by atoms with Crippen molar-refractivity contribution in [3.05, 3.63) is 82.5 Å². The van der Waals surface area contributed by atoms with E-state index in [0.29, 0.717) is 5.76 Å². The van der Waals surface area contributed by atoms with E-state index >= 15 is 0 Å². The molecular formula is C18H17NO2. The van der Waals surface area contributed by atoms with Gasteiger partial charge in [-0.05, 0) is 25.0 Å². The number of aromatic nitrogens is 1. The minimum atomic E-state index is -0.329. The lowest BCUT2D eigenvalue weighted by molar-refractivity contribution is 0.473. The van der Waals surface area contributed by atoms with Gasteiger partial charge in [0.15, 0.2) is 5.76 Å². The Hall–Kier alpha value is -2.55. The van der Waals surface area contributed by atoms with E-state index in [0.717, 1.165) is 16.7 Å². The van der Waals surface area contributed by atoms with Crippen LogP contribution in [0.4, 0.5) is 0 Å². The van der Waals surface area contributed by atoms with Crippen molar-refractivity contribution in [3.63, 3.8) is 0 Å². The van der Waals surface area contributed by atoms with Gasteiger partial charge in [-0.3, -0.25) is 4.57 Å². The Labute approximate surface area is 123 Å². The van der Waals surface area contributed by atoms with E-state index in [9.17, 15) is 4.79 Å². The molecule has 0 aliphatic carbocycles. The standard InChI is InChI=1S/C18H17NO2/c1-13-8-6-7-11-16(13)17-12-19(18(20)21-17)14(2)15-9-4-3-5-10-15/h3-12,14H,1-2H3. The lowest BCUT2D eigenvalue weighted by atomic mass is 10.1. The van der Waals surface area contributed by atoms with Gasteiger partial charge in [0.1, 0.15) is 0 Å². The lowest BCUT2D eigenvalue weighted by Gasteiger charge is -2.11. The largest absolute Gasteiger partial charge is 0.420 e. The summed E-state index contributed by atoms with van der Waals surface area (Å²) in [6.45, 7) is 4.00. The highest BCUT2D eigenvalue weighted by Crippen LogP contribution is 2.24. The Morgan fingerprint density at radius 2 is 1.67 bits per heavy atom. The second-order valence-electron chi connectivity index (χ2n) is 5.17. The maximum absolute atomic E-state index is 12.1. The van der Waals surface area contributed by atoms with Crippen molar-refractivity contribution in [2.24, 2.45) is 0 Å². The highest BCUT2D eigenvalue weighted by atomic mass is 16.4. The highest BCUT2D eigenvalue weighted by Gasteiger charge is 2.15. The second kappa shape index (κ2) is 5.44. The fourth-order valence-electron chi connectivity index (χ4n) is 2.49. The monoisotopic (exact) mass is 279 g/mol. The van der Waals surface area contributed by atoms with Crippen molar-refractivity contribution in [3.8, 4) is 11.3 Å². The molecule has 0 radical (unpaired) electrons. The molecule has 3 rings (SSSR count). The van der Waals surface area contributed by atoms with Crippen LogP contribution in [0, 0.1) is 6.92 Å². The Morgan fingerprint density at radius 3 is 2.38 bits per heavy atom. The Balaban J connectivity index is 2.03. The molecule has 3 heteroatoms. The summed E-state index contributed by atoms with van der Waals surface area (Å²) in [5.41, 5.74) is 3.12. The summed E-state index contributed by atoms with van der Waals surface area (Å²) in [6.07, 6.45) is 1.79. The molecule has 2 aromatic carbocycles. The summed E-state index contributed by atoms with van der Waals surface area (Å²) in [6, 6.07) is 17.8. The summed E-state index contributed by atoms with van der Waals surface area (Å²) >= 11 is 0. The van der Waals surface area contributed by atoms with Crippen LogP contribution in [0.2, 0.25) is 0 Å². The van der Waals surface area contributed by atoms with Crippen LogP contribution in [-0.4, -0.2) is 4.57 Å². The van der Waals surface area contributed by atoms with Gasteiger partial charge in [0.25, 0.3) is 0 Å². The normalized spacial score (nSPS) is 12.3. The third-order valence-corrected chi connectivity index (χ3v) is 3.77. The van der Waals surface area contributed by atoms with Crippen molar-refractivity contribution in [2.45, 2.75) is 19.9 Å². The molecule has 0 aliphatic heterocycles. The first-order valence-corrected chi connectivity index (χ1v) is 7.00. The highest BCUT2D eigenvalue weighted by molar-refractivity contribution is 5.60. The summed E-state index contributed by atoms with van der Waals surface area (Å²) in [5.74, 6) is 0.283. The lowest BCUT2D eigenvalue weighted by Crippen LogP contribution is -2.18.